The van der Waals surface area contributed by atoms with Crippen LogP contribution in [0, 0.1) is 0 Å². The van der Waals surface area contributed by atoms with E-state index in [2.05, 4.69) is 11.8 Å². The molecule has 0 rings (SSSR count). The molecule has 1 atom stereocenters. The van der Waals surface area contributed by atoms with Crippen molar-refractivity contribution in [2.24, 2.45) is 0 Å². The average molecular weight is 131 g/mol. The summed E-state index contributed by atoms with van der Waals surface area (Å²) in [5.41, 5.74) is 0. The van der Waals surface area contributed by atoms with Gasteiger partial charge in [-0.3, -0.25) is 0 Å². The minimum Gasteiger partial charge on any atom is -0.201 e. The number of unbranched alkanes of at least 4 members (excludes halogenated alkanes) is 2. The quantitative estimate of drug-likeness (QED) is 0.320. The van der Waals surface area contributed by atoms with Crippen molar-refractivity contribution in [3.05, 3.63) is 0 Å². The summed E-state index contributed by atoms with van der Waals surface area (Å²) in [6, 6.07) is 0. The molecule has 0 aromatic carbocycles. The van der Waals surface area contributed by atoms with Crippen LogP contribution in [0.25, 0.3) is 0 Å². The third-order valence-electron chi connectivity index (χ3n) is 1.38. The van der Waals surface area contributed by atoms with Gasteiger partial charge in [-0.15, -0.1) is 0 Å². The molecule has 0 bridgehead atoms. The number of hydrogen-bond donors (Lipinski definition) is 0. The Morgan fingerprint density at radius 1 is 1.44 bits per heavy atom. The van der Waals surface area contributed by atoms with Crippen molar-refractivity contribution >= 4 is 0 Å². The van der Waals surface area contributed by atoms with Crippen molar-refractivity contribution in [2.45, 2.75) is 45.6 Å². The van der Waals surface area contributed by atoms with E-state index in [1.807, 2.05) is 6.92 Å². The van der Waals surface area contributed by atoms with E-state index in [4.69, 9.17) is 0 Å². The number of hydrogen-bond acceptors (Lipinski definition) is 1. The summed E-state index contributed by atoms with van der Waals surface area (Å²) in [6.07, 6.45) is 4.31. The molecular weight excluding hydrogens is 116 g/mol. The van der Waals surface area contributed by atoms with Gasteiger partial charge in [0.2, 0.25) is 0 Å². The van der Waals surface area contributed by atoms with Crippen LogP contribution >= 0.6 is 0 Å². The Morgan fingerprint density at radius 3 is 2.56 bits per heavy atom. The third kappa shape index (κ3) is 5.80. The first kappa shape index (κ1) is 8.92. The van der Waals surface area contributed by atoms with Gasteiger partial charge in [0.1, 0.15) is 0 Å². The smallest absolute Gasteiger partial charge is 0.0934 e. The summed E-state index contributed by atoms with van der Waals surface area (Å²) in [7, 11) is 0. The van der Waals surface area contributed by atoms with Crippen LogP contribution in [0.15, 0.2) is 0 Å². The largest absolute Gasteiger partial charge is 0.201 e. The average Bonchev–Trinajstić information content (AvgIpc) is 1.89. The van der Waals surface area contributed by atoms with E-state index < -0.39 is 0 Å². The van der Waals surface area contributed by atoms with Gasteiger partial charge >= 0.3 is 0 Å². The normalized spacial score (nSPS) is 13.7. The summed E-state index contributed by atoms with van der Waals surface area (Å²) in [6.45, 7) is 3.95. The Bertz CT molecular complexity index is 54.9. The second-order valence-electron chi connectivity index (χ2n) is 2.40. The fraction of sp³-hybridized carbons (Fsp3) is 1.00. The monoisotopic (exact) mass is 131 g/mol. The Morgan fingerprint density at radius 2 is 2.11 bits per heavy atom. The van der Waals surface area contributed by atoms with E-state index in [0.717, 1.165) is 12.8 Å². The molecule has 0 aliphatic heterocycles. The topological polar surface area (TPSA) is 29.1 Å². The molecule has 0 fully saturated rings. The molecule has 0 aliphatic rings. The lowest BCUT2D eigenvalue weighted by Gasteiger charge is -2.02. The van der Waals surface area contributed by atoms with Crippen LogP contribution in [0.1, 0.15) is 39.5 Å². The highest BCUT2D eigenvalue weighted by Crippen LogP contribution is 2.04. The van der Waals surface area contributed by atoms with Crippen LogP contribution in [-0.2, 0) is 10.1 Å². The van der Waals surface area contributed by atoms with Crippen LogP contribution in [0.4, 0.5) is 0 Å². The van der Waals surface area contributed by atoms with Gasteiger partial charge in [-0.25, -0.2) is 4.89 Å². The van der Waals surface area contributed by atoms with Crippen LogP contribution in [0.2, 0.25) is 0 Å². The van der Waals surface area contributed by atoms with E-state index in [0.29, 0.717) is 0 Å². The Labute approximate surface area is 56.8 Å². The maximum Gasteiger partial charge on any atom is 0.0934 e. The minimum atomic E-state index is -0.100. The summed E-state index contributed by atoms with van der Waals surface area (Å²) >= 11 is 0. The van der Waals surface area contributed by atoms with Gasteiger partial charge in [0.25, 0.3) is 0 Å². The molecule has 0 spiro atoms. The second-order valence-corrected chi connectivity index (χ2v) is 2.40. The van der Waals surface area contributed by atoms with Gasteiger partial charge in [0.05, 0.1) is 6.10 Å². The molecule has 55 valence electrons. The molecule has 9 heavy (non-hydrogen) atoms. The van der Waals surface area contributed by atoms with E-state index in [9.17, 15) is 5.26 Å². The van der Waals surface area contributed by atoms with Gasteiger partial charge in [-0.1, -0.05) is 26.2 Å². The van der Waals surface area contributed by atoms with Crippen molar-refractivity contribution in [2.75, 3.05) is 0 Å². The molecule has 0 N–H and O–H groups in total. The third-order valence-corrected chi connectivity index (χ3v) is 1.38. The first-order valence-electron chi connectivity index (χ1n) is 3.60. The zero-order valence-electron chi connectivity index (χ0n) is 6.22. The molecule has 0 saturated heterocycles. The van der Waals surface area contributed by atoms with E-state index >= 15 is 0 Å². The molecule has 1 radical (unpaired) electrons. The summed E-state index contributed by atoms with van der Waals surface area (Å²) in [5, 5.41) is 9.72. The number of rotatable bonds is 5. The van der Waals surface area contributed by atoms with Gasteiger partial charge in [-0.2, -0.15) is 0 Å². The molecule has 0 saturated carbocycles. The molecule has 0 amide bonds. The molecule has 0 heterocycles. The molecule has 2 heteroatoms. The molecule has 2 nitrogen and oxygen atoms in total. The fourth-order valence-corrected chi connectivity index (χ4v) is 0.730. The predicted molar refractivity (Wildman–Crippen MR) is 35.4 cm³/mol. The first-order valence-corrected chi connectivity index (χ1v) is 3.60. The van der Waals surface area contributed by atoms with Crippen molar-refractivity contribution in [3.8, 4) is 0 Å². The molecule has 0 aromatic heterocycles. The summed E-state index contributed by atoms with van der Waals surface area (Å²) < 4.78 is 0. The zero-order chi connectivity index (χ0) is 7.11. The highest BCUT2D eigenvalue weighted by molar-refractivity contribution is 4.47. The first-order chi connectivity index (χ1) is 4.31. The zero-order valence-corrected chi connectivity index (χ0v) is 6.22. The van der Waals surface area contributed by atoms with Gasteiger partial charge in [0.15, 0.2) is 0 Å². The lowest BCUT2D eigenvalue weighted by molar-refractivity contribution is -0.332. The maximum atomic E-state index is 9.72. The summed E-state index contributed by atoms with van der Waals surface area (Å²) in [4.78, 5) is 3.85. The molecule has 0 aromatic rings. The van der Waals surface area contributed by atoms with Gasteiger partial charge in [-0.05, 0) is 18.6 Å². The van der Waals surface area contributed by atoms with E-state index in [1.165, 1.54) is 12.8 Å². The van der Waals surface area contributed by atoms with Gasteiger partial charge < -0.3 is 0 Å². The molecule has 1 unspecified atom stereocenters. The standard InChI is InChI=1S/C7H15O2/c1-3-4-5-6-7(2)9-8/h7H,3-6H2,1-2H3. The SMILES string of the molecule is CCCCCC(C)O[O]. The molecule has 0 aliphatic carbocycles. The van der Waals surface area contributed by atoms with E-state index in [1.54, 1.807) is 0 Å². The van der Waals surface area contributed by atoms with E-state index in [-0.39, 0.29) is 6.10 Å². The van der Waals surface area contributed by atoms with Crippen molar-refractivity contribution in [1.29, 1.82) is 0 Å². The highest BCUT2D eigenvalue weighted by Gasteiger charge is 1.99. The summed E-state index contributed by atoms with van der Waals surface area (Å²) in [5.74, 6) is 0. The Hall–Kier alpha value is -0.0800. The predicted octanol–water partition coefficient (Wildman–Crippen LogP) is 2.32. The van der Waals surface area contributed by atoms with Crippen LogP contribution in [0.3, 0.4) is 0 Å². The van der Waals surface area contributed by atoms with Crippen LogP contribution in [-0.4, -0.2) is 6.10 Å². The Balaban J connectivity index is 2.88. The van der Waals surface area contributed by atoms with Crippen molar-refractivity contribution < 1.29 is 10.1 Å². The maximum absolute atomic E-state index is 9.72. The van der Waals surface area contributed by atoms with Crippen molar-refractivity contribution in [3.63, 3.8) is 0 Å². The molecular formula is C7H15O2. The lowest BCUT2D eigenvalue weighted by Crippen LogP contribution is -2.02. The van der Waals surface area contributed by atoms with Gasteiger partial charge in [0, 0.05) is 0 Å². The van der Waals surface area contributed by atoms with Crippen LogP contribution < -0.4 is 0 Å². The second kappa shape index (κ2) is 6.05. The lowest BCUT2D eigenvalue weighted by atomic mass is 10.1. The Kier molecular flexibility index (Phi) is 5.99. The van der Waals surface area contributed by atoms with Crippen molar-refractivity contribution in [1.82, 2.24) is 0 Å². The highest BCUT2D eigenvalue weighted by atomic mass is 17.1. The minimum absolute atomic E-state index is 0.100. The fourth-order valence-electron chi connectivity index (χ4n) is 0.730. The van der Waals surface area contributed by atoms with Crippen LogP contribution in [0.5, 0.6) is 0 Å².